The number of esters is 1. The van der Waals surface area contributed by atoms with Crippen molar-refractivity contribution in [3.05, 3.63) is 59.7 Å². The molecule has 0 radical (unpaired) electrons. The molecule has 8 heteroatoms. The normalized spacial score (nSPS) is 16.9. The maximum Gasteiger partial charge on any atom is 0.329 e. The minimum absolute atomic E-state index is 0.315. The van der Waals surface area contributed by atoms with Gasteiger partial charge < -0.3 is 15.3 Å². The van der Waals surface area contributed by atoms with Crippen molar-refractivity contribution in [1.29, 1.82) is 0 Å². The van der Waals surface area contributed by atoms with E-state index in [0.717, 1.165) is 10.5 Å². The number of carbonyl (C=O) groups is 3. The number of imide groups is 1. The van der Waals surface area contributed by atoms with E-state index in [0.29, 0.717) is 29.1 Å². The molecule has 0 bridgehead atoms. The number of urea groups is 1. The van der Waals surface area contributed by atoms with E-state index in [1.165, 1.54) is 6.92 Å². The lowest BCUT2D eigenvalue weighted by atomic mass is 10.1. The molecule has 0 aromatic heterocycles. The van der Waals surface area contributed by atoms with Crippen LogP contribution in [0.3, 0.4) is 0 Å². The molecule has 144 valence electrons. The largest absolute Gasteiger partial charge is 0.427 e. The average molecular weight is 381 g/mol. The number of oxime groups is 1. The molecule has 2 aromatic carbocycles. The molecule has 28 heavy (non-hydrogen) atoms. The smallest absolute Gasteiger partial charge is 0.329 e. The standard InChI is InChI=1S/C20H19N3O5/c1-12(22-27)15-5-7-16(8-6-15)23-19(25)18(21-20(23)26)11-14-3-9-17(10-4-14)28-13(2)24/h3-10,18,27H,11H2,1-2H3,(H,21,26). The Morgan fingerprint density at radius 1 is 1.11 bits per heavy atom. The molecular weight excluding hydrogens is 362 g/mol. The van der Waals surface area contributed by atoms with Crippen molar-refractivity contribution in [2.45, 2.75) is 26.3 Å². The maximum atomic E-state index is 12.7. The van der Waals surface area contributed by atoms with Gasteiger partial charge in [0.05, 0.1) is 11.4 Å². The van der Waals surface area contributed by atoms with E-state index in [9.17, 15) is 14.4 Å². The van der Waals surface area contributed by atoms with Crippen molar-refractivity contribution in [3.63, 3.8) is 0 Å². The minimum atomic E-state index is -0.688. The Balaban J connectivity index is 1.72. The first-order valence-corrected chi connectivity index (χ1v) is 8.60. The van der Waals surface area contributed by atoms with Gasteiger partial charge in [-0.15, -0.1) is 0 Å². The number of hydrogen-bond acceptors (Lipinski definition) is 6. The van der Waals surface area contributed by atoms with Gasteiger partial charge in [0.1, 0.15) is 11.8 Å². The number of hydrogen-bond donors (Lipinski definition) is 2. The lowest BCUT2D eigenvalue weighted by Gasteiger charge is -2.13. The molecule has 2 aromatic rings. The van der Waals surface area contributed by atoms with Gasteiger partial charge in [-0.25, -0.2) is 9.69 Å². The summed E-state index contributed by atoms with van der Waals surface area (Å²) in [5, 5.41) is 14.6. The van der Waals surface area contributed by atoms with Crippen molar-refractivity contribution in [3.8, 4) is 5.75 Å². The molecule has 0 saturated carbocycles. The summed E-state index contributed by atoms with van der Waals surface area (Å²) in [7, 11) is 0. The Bertz CT molecular complexity index is 935. The van der Waals surface area contributed by atoms with Gasteiger partial charge in [-0.2, -0.15) is 0 Å². The molecule has 8 nitrogen and oxygen atoms in total. The molecule has 1 aliphatic heterocycles. The van der Waals surface area contributed by atoms with Crippen LogP contribution < -0.4 is 15.0 Å². The van der Waals surface area contributed by atoms with Crippen molar-refractivity contribution in [1.82, 2.24) is 5.32 Å². The fourth-order valence-corrected chi connectivity index (χ4v) is 2.92. The lowest BCUT2D eigenvalue weighted by molar-refractivity contribution is -0.131. The zero-order valence-corrected chi connectivity index (χ0v) is 15.4. The fraction of sp³-hybridized carbons (Fsp3) is 0.200. The molecule has 2 N–H and O–H groups in total. The molecule has 1 unspecified atom stereocenters. The van der Waals surface area contributed by atoms with E-state index in [1.807, 2.05) is 0 Å². The number of amides is 3. The van der Waals surface area contributed by atoms with Crippen LogP contribution in [0.15, 0.2) is 53.7 Å². The Morgan fingerprint density at radius 2 is 1.75 bits per heavy atom. The van der Waals surface area contributed by atoms with Gasteiger partial charge in [0.15, 0.2) is 0 Å². The van der Waals surface area contributed by atoms with Crippen molar-refractivity contribution < 1.29 is 24.3 Å². The van der Waals surface area contributed by atoms with Gasteiger partial charge in [0, 0.05) is 13.3 Å². The SMILES string of the molecule is CC(=O)Oc1ccc(CC2NC(=O)N(c3ccc(C(C)=NO)cc3)C2=O)cc1. The summed E-state index contributed by atoms with van der Waals surface area (Å²) in [5.74, 6) is -0.344. The molecule has 1 atom stereocenters. The van der Waals surface area contributed by atoms with Crippen LogP contribution in [0.4, 0.5) is 10.5 Å². The molecule has 1 heterocycles. The van der Waals surface area contributed by atoms with Crippen molar-refractivity contribution in [2.75, 3.05) is 4.90 Å². The second kappa shape index (κ2) is 7.91. The summed E-state index contributed by atoms with van der Waals surface area (Å²) in [5.41, 5.74) is 2.37. The zero-order chi connectivity index (χ0) is 20.3. The van der Waals surface area contributed by atoms with Gasteiger partial charge in [-0.3, -0.25) is 9.59 Å². The molecule has 3 rings (SSSR count). The third-order valence-corrected chi connectivity index (χ3v) is 4.34. The van der Waals surface area contributed by atoms with E-state index in [2.05, 4.69) is 10.5 Å². The summed E-state index contributed by atoms with van der Waals surface area (Å²) in [6, 6.07) is 12.2. The Labute approximate surface area is 161 Å². The zero-order valence-electron chi connectivity index (χ0n) is 15.4. The highest BCUT2D eigenvalue weighted by Gasteiger charge is 2.38. The average Bonchev–Trinajstić information content (AvgIpc) is 2.95. The minimum Gasteiger partial charge on any atom is -0.427 e. The molecule has 1 saturated heterocycles. The lowest BCUT2D eigenvalue weighted by Crippen LogP contribution is -2.32. The number of nitrogens with one attached hydrogen (secondary N) is 1. The van der Waals surface area contributed by atoms with Crippen LogP contribution in [0, 0.1) is 0 Å². The first-order chi connectivity index (χ1) is 13.4. The van der Waals surface area contributed by atoms with Crippen LogP contribution in [-0.2, 0) is 16.0 Å². The fourth-order valence-electron chi connectivity index (χ4n) is 2.92. The Hall–Kier alpha value is -3.68. The van der Waals surface area contributed by atoms with Crippen LogP contribution in [0.2, 0.25) is 0 Å². The Kier molecular flexibility index (Phi) is 5.39. The second-order valence-corrected chi connectivity index (χ2v) is 6.35. The summed E-state index contributed by atoms with van der Waals surface area (Å²) in [4.78, 5) is 37.1. The highest BCUT2D eigenvalue weighted by molar-refractivity contribution is 6.21. The molecule has 0 spiro atoms. The summed E-state index contributed by atoms with van der Waals surface area (Å²) in [6.45, 7) is 2.96. The third-order valence-electron chi connectivity index (χ3n) is 4.34. The topological polar surface area (TPSA) is 108 Å². The van der Waals surface area contributed by atoms with Crippen LogP contribution in [0.25, 0.3) is 0 Å². The molecule has 1 aliphatic rings. The van der Waals surface area contributed by atoms with Gasteiger partial charge in [-0.05, 0) is 42.3 Å². The first-order valence-electron chi connectivity index (χ1n) is 8.60. The number of carbonyl (C=O) groups excluding carboxylic acids is 3. The number of nitrogens with zero attached hydrogens (tertiary/aromatic N) is 2. The maximum absolute atomic E-state index is 12.7. The number of rotatable bonds is 5. The van der Waals surface area contributed by atoms with Gasteiger partial charge in [0.2, 0.25) is 0 Å². The third kappa shape index (κ3) is 4.01. The van der Waals surface area contributed by atoms with E-state index >= 15 is 0 Å². The molecular formula is C20H19N3O5. The van der Waals surface area contributed by atoms with Crippen molar-refractivity contribution >= 4 is 29.3 Å². The van der Waals surface area contributed by atoms with E-state index < -0.39 is 18.0 Å². The predicted octanol–water partition coefficient (Wildman–Crippen LogP) is 2.48. The molecule has 0 aliphatic carbocycles. The first kappa shape index (κ1) is 19.1. The summed E-state index contributed by atoms with van der Waals surface area (Å²) >= 11 is 0. The highest BCUT2D eigenvalue weighted by Crippen LogP contribution is 2.22. The Morgan fingerprint density at radius 3 is 2.32 bits per heavy atom. The van der Waals surface area contributed by atoms with Crippen LogP contribution >= 0.6 is 0 Å². The number of benzene rings is 2. The van der Waals surface area contributed by atoms with Crippen LogP contribution in [0.1, 0.15) is 25.0 Å². The summed E-state index contributed by atoms with van der Waals surface area (Å²) in [6.07, 6.45) is 0.315. The molecule has 1 fully saturated rings. The van der Waals surface area contributed by atoms with Gasteiger partial charge in [0.25, 0.3) is 5.91 Å². The summed E-state index contributed by atoms with van der Waals surface area (Å²) < 4.78 is 4.98. The van der Waals surface area contributed by atoms with Crippen molar-refractivity contribution in [2.24, 2.45) is 5.16 Å². The van der Waals surface area contributed by atoms with Gasteiger partial charge >= 0.3 is 12.0 Å². The second-order valence-electron chi connectivity index (χ2n) is 6.35. The highest BCUT2D eigenvalue weighted by atomic mass is 16.5. The predicted molar refractivity (Wildman–Crippen MR) is 102 cm³/mol. The number of anilines is 1. The van der Waals surface area contributed by atoms with Crippen LogP contribution in [-0.4, -0.2) is 34.9 Å². The van der Waals surface area contributed by atoms with Gasteiger partial charge in [-0.1, -0.05) is 29.4 Å². The van der Waals surface area contributed by atoms with E-state index in [4.69, 9.17) is 9.94 Å². The van der Waals surface area contributed by atoms with Crippen LogP contribution in [0.5, 0.6) is 5.75 Å². The number of ether oxygens (including phenoxy) is 1. The monoisotopic (exact) mass is 381 g/mol. The molecule has 3 amide bonds. The van der Waals surface area contributed by atoms with E-state index in [1.54, 1.807) is 55.5 Å². The van der Waals surface area contributed by atoms with E-state index in [-0.39, 0.29) is 5.91 Å². The quantitative estimate of drug-likeness (QED) is 0.207.